The van der Waals surface area contributed by atoms with Gasteiger partial charge in [-0.05, 0) is 53.8 Å². The number of fused-ring (bicyclic) bond motifs is 1. The van der Waals surface area contributed by atoms with Crippen molar-refractivity contribution in [3.05, 3.63) is 100 Å². The van der Waals surface area contributed by atoms with Gasteiger partial charge in [-0.2, -0.15) is 5.10 Å². The first-order valence-electron chi connectivity index (χ1n) is 11.8. The molecule has 0 spiro atoms. The highest BCUT2D eigenvalue weighted by atomic mass is 16.2. The van der Waals surface area contributed by atoms with E-state index in [1.54, 1.807) is 23.4 Å². The Kier molecular flexibility index (Phi) is 7.16. The summed E-state index contributed by atoms with van der Waals surface area (Å²) in [5.41, 5.74) is 3.61. The third kappa shape index (κ3) is 5.06. The summed E-state index contributed by atoms with van der Waals surface area (Å²) >= 11 is 0. The van der Waals surface area contributed by atoms with Crippen molar-refractivity contribution in [3.8, 4) is 0 Å². The molecular formula is C28H30N4O2. The van der Waals surface area contributed by atoms with Gasteiger partial charge in [0.25, 0.3) is 5.56 Å². The maximum atomic E-state index is 13.4. The van der Waals surface area contributed by atoms with Crippen LogP contribution in [-0.4, -0.2) is 27.2 Å². The Bertz CT molecular complexity index is 1330. The lowest BCUT2D eigenvalue weighted by Crippen LogP contribution is -2.38. The normalized spacial score (nSPS) is 11.2. The second-order valence-electron chi connectivity index (χ2n) is 8.78. The number of carbonyl (C=O) groups is 1. The molecule has 4 aromatic rings. The number of hydrogen-bond donors (Lipinski definition) is 0. The van der Waals surface area contributed by atoms with Crippen LogP contribution in [0.15, 0.2) is 77.9 Å². The molecule has 0 aliphatic rings. The molecule has 0 radical (unpaired) electrons. The highest BCUT2D eigenvalue weighted by molar-refractivity contribution is 5.93. The van der Waals surface area contributed by atoms with Gasteiger partial charge in [-0.1, -0.05) is 51.1 Å². The lowest BCUT2D eigenvalue weighted by atomic mass is 10.0. The standard InChI is InChI=1S/C28H30N4O2/c1-4-17-31(23-11-9-22(10-12-23)20(2)3)27(33)19-32-28(34)25-8-6-5-7-24(25)26(30-32)18-21-13-15-29-16-14-21/h5-16,20H,4,17-19H2,1-3H3. The molecule has 2 aromatic carbocycles. The minimum Gasteiger partial charge on any atom is -0.311 e. The van der Waals surface area contributed by atoms with Crippen molar-refractivity contribution in [1.29, 1.82) is 0 Å². The van der Waals surface area contributed by atoms with E-state index in [4.69, 9.17) is 0 Å². The first-order valence-corrected chi connectivity index (χ1v) is 11.8. The molecule has 0 aliphatic heterocycles. The van der Waals surface area contributed by atoms with Crippen LogP contribution in [0.3, 0.4) is 0 Å². The molecule has 6 nitrogen and oxygen atoms in total. The van der Waals surface area contributed by atoms with Gasteiger partial charge in [0.05, 0.1) is 11.1 Å². The van der Waals surface area contributed by atoms with Crippen LogP contribution in [0.5, 0.6) is 0 Å². The molecule has 0 bridgehead atoms. The summed E-state index contributed by atoms with van der Waals surface area (Å²) < 4.78 is 1.31. The van der Waals surface area contributed by atoms with Crippen molar-refractivity contribution < 1.29 is 4.79 Å². The predicted octanol–water partition coefficient (Wildman–Crippen LogP) is 4.95. The maximum Gasteiger partial charge on any atom is 0.275 e. The zero-order chi connectivity index (χ0) is 24.1. The van der Waals surface area contributed by atoms with E-state index in [1.807, 2.05) is 49.4 Å². The van der Waals surface area contributed by atoms with E-state index in [0.717, 1.165) is 28.8 Å². The highest BCUT2D eigenvalue weighted by Crippen LogP contribution is 2.21. The molecule has 174 valence electrons. The van der Waals surface area contributed by atoms with Gasteiger partial charge in [0, 0.05) is 36.4 Å². The van der Waals surface area contributed by atoms with Crippen molar-refractivity contribution in [2.75, 3.05) is 11.4 Å². The molecule has 0 atom stereocenters. The highest BCUT2D eigenvalue weighted by Gasteiger charge is 2.19. The number of benzene rings is 2. The van der Waals surface area contributed by atoms with E-state index >= 15 is 0 Å². The fraction of sp³-hybridized carbons (Fsp3) is 0.286. The van der Waals surface area contributed by atoms with E-state index in [1.165, 1.54) is 10.2 Å². The van der Waals surface area contributed by atoms with Gasteiger partial charge in [0.15, 0.2) is 0 Å². The zero-order valence-corrected chi connectivity index (χ0v) is 19.9. The summed E-state index contributed by atoms with van der Waals surface area (Å²) in [5, 5.41) is 6.02. The Morgan fingerprint density at radius 2 is 1.65 bits per heavy atom. The van der Waals surface area contributed by atoms with Crippen LogP contribution in [0.25, 0.3) is 10.8 Å². The number of anilines is 1. The third-order valence-corrected chi connectivity index (χ3v) is 5.97. The molecule has 0 unspecified atom stereocenters. The molecule has 2 heterocycles. The van der Waals surface area contributed by atoms with Crippen molar-refractivity contribution in [1.82, 2.24) is 14.8 Å². The van der Waals surface area contributed by atoms with Gasteiger partial charge in [-0.3, -0.25) is 14.6 Å². The number of carbonyl (C=O) groups excluding carboxylic acids is 1. The molecule has 34 heavy (non-hydrogen) atoms. The van der Waals surface area contributed by atoms with E-state index in [2.05, 4.69) is 36.1 Å². The largest absolute Gasteiger partial charge is 0.311 e. The van der Waals surface area contributed by atoms with Gasteiger partial charge in [0.2, 0.25) is 5.91 Å². The number of hydrogen-bond acceptors (Lipinski definition) is 4. The van der Waals surface area contributed by atoms with Gasteiger partial charge in [-0.15, -0.1) is 0 Å². The second-order valence-corrected chi connectivity index (χ2v) is 8.78. The molecule has 0 saturated carbocycles. The zero-order valence-electron chi connectivity index (χ0n) is 19.9. The molecule has 6 heteroatoms. The van der Waals surface area contributed by atoms with E-state index in [-0.39, 0.29) is 18.0 Å². The molecule has 4 rings (SSSR count). The van der Waals surface area contributed by atoms with Crippen molar-refractivity contribution in [2.45, 2.75) is 46.1 Å². The average Bonchev–Trinajstić information content (AvgIpc) is 2.86. The Morgan fingerprint density at radius 1 is 0.971 bits per heavy atom. The van der Waals surface area contributed by atoms with E-state index < -0.39 is 0 Å². The van der Waals surface area contributed by atoms with Gasteiger partial charge >= 0.3 is 0 Å². The number of rotatable bonds is 8. The molecule has 1 amide bonds. The van der Waals surface area contributed by atoms with Crippen LogP contribution in [0.2, 0.25) is 0 Å². The molecule has 2 aromatic heterocycles. The number of nitrogens with zero attached hydrogens (tertiary/aromatic N) is 4. The SMILES string of the molecule is CCCN(C(=O)Cn1nc(Cc2ccncc2)c2ccccc2c1=O)c1ccc(C(C)C)cc1. The summed E-state index contributed by atoms with van der Waals surface area (Å²) in [6.45, 7) is 6.79. The summed E-state index contributed by atoms with van der Waals surface area (Å²) in [6.07, 6.45) is 4.84. The summed E-state index contributed by atoms with van der Waals surface area (Å²) in [4.78, 5) is 32.4. The Hall–Kier alpha value is -3.80. The van der Waals surface area contributed by atoms with Crippen LogP contribution in [0.4, 0.5) is 5.69 Å². The number of amides is 1. The molecular weight excluding hydrogens is 424 g/mol. The van der Waals surface area contributed by atoms with Crippen molar-refractivity contribution in [2.24, 2.45) is 0 Å². The summed E-state index contributed by atoms with van der Waals surface area (Å²) in [7, 11) is 0. The lowest BCUT2D eigenvalue weighted by Gasteiger charge is -2.23. The summed E-state index contributed by atoms with van der Waals surface area (Å²) in [6, 6.07) is 19.4. The molecule has 0 fully saturated rings. The fourth-order valence-electron chi connectivity index (χ4n) is 4.11. The Balaban J connectivity index is 1.69. The van der Waals surface area contributed by atoms with Gasteiger partial charge in [-0.25, -0.2) is 4.68 Å². The monoisotopic (exact) mass is 454 g/mol. The molecule has 0 N–H and O–H groups in total. The van der Waals surface area contributed by atoms with Crippen LogP contribution in [0, 0.1) is 0 Å². The quantitative estimate of drug-likeness (QED) is 0.378. The van der Waals surface area contributed by atoms with Crippen LogP contribution < -0.4 is 10.5 Å². The van der Waals surface area contributed by atoms with Crippen LogP contribution in [-0.2, 0) is 17.8 Å². The number of pyridine rings is 1. The summed E-state index contributed by atoms with van der Waals surface area (Å²) in [5.74, 6) is 0.266. The van der Waals surface area contributed by atoms with Crippen LogP contribution in [0.1, 0.15) is 49.9 Å². The minimum absolute atomic E-state index is 0.112. The smallest absolute Gasteiger partial charge is 0.275 e. The Labute approximate surface area is 199 Å². The van der Waals surface area contributed by atoms with Crippen molar-refractivity contribution >= 4 is 22.4 Å². The topological polar surface area (TPSA) is 68.1 Å². The third-order valence-electron chi connectivity index (χ3n) is 5.97. The predicted molar refractivity (Wildman–Crippen MR) is 136 cm³/mol. The minimum atomic E-state index is -0.256. The first-order chi connectivity index (χ1) is 16.5. The molecule has 0 saturated heterocycles. The average molecular weight is 455 g/mol. The second kappa shape index (κ2) is 10.4. The first kappa shape index (κ1) is 23.4. The fourth-order valence-corrected chi connectivity index (χ4v) is 4.11. The number of aromatic nitrogens is 3. The van der Waals surface area contributed by atoms with E-state index in [0.29, 0.717) is 24.3 Å². The van der Waals surface area contributed by atoms with Gasteiger partial charge < -0.3 is 4.90 Å². The maximum absolute atomic E-state index is 13.4. The van der Waals surface area contributed by atoms with Crippen LogP contribution >= 0.6 is 0 Å². The lowest BCUT2D eigenvalue weighted by molar-refractivity contribution is -0.119. The van der Waals surface area contributed by atoms with Crippen molar-refractivity contribution in [3.63, 3.8) is 0 Å². The Morgan fingerprint density at radius 3 is 2.29 bits per heavy atom. The van der Waals surface area contributed by atoms with E-state index in [9.17, 15) is 9.59 Å². The molecule has 0 aliphatic carbocycles. The van der Waals surface area contributed by atoms with Gasteiger partial charge in [0.1, 0.15) is 6.54 Å².